The molecule has 0 radical (unpaired) electrons. The molecule has 1 heterocycles. The Labute approximate surface area is 129 Å². The number of carbonyl (C=O) groups excluding carboxylic acids is 1. The van der Waals surface area contributed by atoms with Gasteiger partial charge in [-0.15, -0.1) is 11.8 Å². The zero-order valence-electron chi connectivity index (χ0n) is 10.8. The van der Waals surface area contributed by atoms with E-state index < -0.39 is 0 Å². The average Bonchev–Trinajstić information content (AvgIpc) is 2.89. The quantitative estimate of drug-likeness (QED) is 0.489. The molecule has 21 heavy (non-hydrogen) atoms. The number of hydrogen-bond acceptors (Lipinski definition) is 3. The summed E-state index contributed by atoms with van der Waals surface area (Å²) in [5.74, 6) is 0.137. The summed E-state index contributed by atoms with van der Waals surface area (Å²) in [6, 6.07) is 12.9. The molecule has 0 amide bonds. The highest BCUT2D eigenvalue weighted by Crippen LogP contribution is 2.25. The van der Waals surface area contributed by atoms with Gasteiger partial charge in [0.15, 0.2) is 5.76 Å². The van der Waals surface area contributed by atoms with Crippen molar-refractivity contribution in [2.75, 3.05) is 5.75 Å². The number of furan rings is 1. The minimum atomic E-state index is -0.292. The molecule has 1 aromatic heterocycles. The average molecular weight is 321 g/mol. The lowest BCUT2D eigenvalue weighted by Gasteiger charge is -1.99. The molecule has 106 valence electrons. The van der Waals surface area contributed by atoms with Crippen LogP contribution in [0.2, 0.25) is 5.02 Å². The number of hydrogen-bond donors (Lipinski definition) is 0. The van der Waals surface area contributed by atoms with Crippen LogP contribution in [0.1, 0.15) is 10.6 Å². The lowest BCUT2D eigenvalue weighted by atomic mass is 10.2. The topological polar surface area (TPSA) is 30.2 Å². The van der Waals surface area contributed by atoms with Crippen molar-refractivity contribution in [3.05, 3.63) is 65.1 Å². The van der Waals surface area contributed by atoms with Crippen molar-refractivity contribution in [1.29, 1.82) is 0 Å². The van der Waals surface area contributed by atoms with Gasteiger partial charge in [0.25, 0.3) is 0 Å². The molecule has 0 aliphatic rings. The van der Waals surface area contributed by atoms with Crippen LogP contribution in [-0.4, -0.2) is 11.5 Å². The van der Waals surface area contributed by atoms with Crippen LogP contribution in [0.15, 0.2) is 57.8 Å². The second kappa shape index (κ2) is 5.92. The lowest BCUT2D eigenvalue weighted by Crippen LogP contribution is -2.00. The van der Waals surface area contributed by atoms with Gasteiger partial charge in [-0.25, -0.2) is 4.39 Å². The van der Waals surface area contributed by atoms with Gasteiger partial charge >= 0.3 is 0 Å². The molecule has 0 aliphatic heterocycles. The van der Waals surface area contributed by atoms with Gasteiger partial charge in [0, 0.05) is 15.3 Å². The molecule has 0 fully saturated rings. The van der Waals surface area contributed by atoms with E-state index >= 15 is 0 Å². The van der Waals surface area contributed by atoms with Crippen LogP contribution < -0.4 is 0 Å². The van der Waals surface area contributed by atoms with Crippen molar-refractivity contribution in [2.45, 2.75) is 4.90 Å². The highest BCUT2D eigenvalue weighted by molar-refractivity contribution is 8.00. The highest BCUT2D eigenvalue weighted by atomic mass is 35.5. The molecule has 0 bridgehead atoms. The molecule has 3 rings (SSSR count). The molecule has 5 heteroatoms. The maximum atomic E-state index is 12.8. The second-order valence-corrected chi connectivity index (χ2v) is 5.94. The Kier molecular flexibility index (Phi) is 3.99. The van der Waals surface area contributed by atoms with Gasteiger partial charge in [-0.1, -0.05) is 11.6 Å². The lowest BCUT2D eigenvalue weighted by molar-refractivity contribution is 0.0994. The molecule has 0 saturated heterocycles. The first-order valence-corrected chi connectivity index (χ1v) is 7.59. The number of ketones is 1. The fourth-order valence-electron chi connectivity index (χ4n) is 1.90. The fraction of sp³-hybridized carbons (Fsp3) is 0.0625. The van der Waals surface area contributed by atoms with Crippen LogP contribution in [0.4, 0.5) is 4.39 Å². The molecule has 0 atom stereocenters. The molecule has 2 aromatic carbocycles. The molecule has 0 saturated carbocycles. The Morgan fingerprint density at radius 3 is 2.67 bits per heavy atom. The summed E-state index contributed by atoms with van der Waals surface area (Å²) < 4.78 is 18.3. The van der Waals surface area contributed by atoms with Gasteiger partial charge in [-0.05, 0) is 48.5 Å². The van der Waals surface area contributed by atoms with Gasteiger partial charge in [0.05, 0.1) is 5.75 Å². The molecule has 0 N–H and O–H groups in total. The smallest absolute Gasteiger partial charge is 0.208 e. The van der Waals surface area contributed by atoms with Gasteiger partial charge in [-0.2, -0.15) is 0 Å². The number of Topliss-reactive ketones (excluding diaryl/α,β-unsaturated/α-hetero) is 1. The van der Waals surface area contributed by atoms with Crippen molar-refractivity contribution in [2.24, 2.45) is 0 Å². The van der Waals surface area contributed by atoms with Crippen LogP contribution in [-0.2, 0) is 0 Å². The molecule has 3 aromatic rings. The molecular weight excluding hydrogens is 311 g/mol. The van der Waals surface area contributed by atoms with E-state index in [-0.39, 0.29) is 17.4 Å². The van der Waals surface area contributed by atoms with E-state index in [2.05, 4.69) is 0 Å². The predicted octanol–water partition coefficient (Wildman–Crippen LogP) is 5.20. The first kappa shape index (κ1) is 14.2. The summed E-state index contributed by atoms with van der Waals surface area (Å²) in [6.07, 6.45) is 0. The zero-order valence-corrected chi connectivity index (χ0v) is 12.4. The largest absolute Gasteiger partial charge is 0.453 e. The van der Waals surface area contributed by atoms with E-state index in [0.29, 0.717) is 16.4 Å². The molecule has 0 spiro atoms. The summed E-state index contributed by atoms with van der Waals surface area (Å²) in [6.45, 7) is 0. The van der Waals surface area contributed by atoms with E-state index in [4.69, 9.17) is 16.0 Å². The summed E-state index contributed by atoms with van der Waals surface area (Å²) in [7, 11) is 0. The second-order valence-electron chi connectivity index (χ2n) is 4.46. The van der Waals surface area contributed by atoms with E-state index in [1.54, 1.807) is 36.4 Å². The SMILES string of the molecule is O=C(CSc1ccc(F)cc1)c1cc2cc(Cl)ccc2o1. The molecular formula is C16H10ClFO2S. The van der Waals surface area contributed by atoms with Crippen molar-refractivity contribution in [3.8, 4) is 0 Å². The van der Waals surface area contributed by atoms with Crippen molar-refractivity contribution < 1.29 is 13.6 Å². The van der Waals surface area contributed by atoms with E-state index in [0.717, 1.165) is 10.3 Å². The first-order chi connectivity index (χ1) is 10.1. The van der Waals surface area contributed by atoms with Gasteiger partial charge < -0.3 is 4.42 Å². The number of rotatable bonds is 4. The monoisotopic (exact) mass is 320 g/mol. The summed E-state index contributed by atoms with van der Waals surface area (Å²) >= 11 is 7.24. The van der Waals surface area contributed by atoms with Crippen LogP contribution in [0.25, 0.3) is 11.0 Å². The minimum Gasteiger partial charge on any atom is -0.453 e. The Hall–Kier alpha value is -1.78. The zero-order chi connectivity index (χ0) is 14.8. The summed E-state index contributed by atoms with van der Waals surface area (Å²) in [4.78, 5) is 13.0. The summed E-state index contributed by atoms with van der Waals surface area (Å²) in [5.41, 5.74) is 0.634. The Balaban J connectivity index is 1.73. The third kappa shape index (κ3) is 3.28. The Bertz CT molecular complexity index is 796. The van der Waals surface area contributed by atoms with Crippen LogP contribution in [0, 0.1) is 5.82 Å². The normalized spacial score (nSPS) is 11.0. The predicted molar refractivity (Wildman–Crippen MR) is 82.7 cm³/mol. The van der Waals surface area contributed by atoms with Gasteiger partial charge in [0.2, 0.25) is 5.78 Å². The maximum absolute atomic E-state index is 12.8. The number of halogens is 2. The number of benzene rings is 2. The number of fused-ring (bicyclic) bond motifs is 1. The van der Waals surface area contributed by atoms with Gasteiger partial charge in [0.1, 0.15) is 11.4 Å². The molecule has 0 aliphatic carbocycles. The van der Waals surface area contributed by atoms with Crippen LogP contribution in [0.5, 0.6) is 0 Å². The fourth-order valence-corrected chi connectivity index (χ4v) is 2.85. The minimum absolute atomic E-state index is 0.114. The van der Waals surface area contributed by atoms with Crippen molar-refractivity contribution in [1.82, 2.24) is 0 Å². The Morgan fingerprint density at radius 2 is 1.90 bits per heavy atom. The van der Waals surface area contributed by atoms with Crippen LogP contribution >= 0.6 is 23.4 Å². The van der Waals surface area contributed by atoms with Crippen LogP contribution in [0.3, 0.4) is 0 Å². The number of thioether (sulfide) groups is 1. The third-order valence-corrected chi connectivity index (χ3v) is 4.18. The molecule has 0 unspecified atom stereocenters. The molecule has 2 nitrogen and oxygen atoms in total. The maximum Gasteiger partial charge on any atom is 0.208 e. The van der Waals surface area contributed by atoms with E-state index in [9.17, 15) is 9.18 Å². The van der Waals surface area contributed by atoms with Gasteiger partial charge in [-0.3, -0.25) is 4.79 Å². The highest BCUT2D eigenvalue weighted by Gasteiger charge is 2.13. The summed E-state index contributed by atoms with van der Waals surface area (Å²) in [5, 5.41) is 1.40. The van der Waals surface area contributed by atoms with E-state index in [1.165, 1.54) is 23.9 Å². The van der Waals surface area contributed by atoms with Crippen molar-refractivity contribution in [3.63, 3.8) is 0 Å². The van der Waals surface area contributed by atoms with E-state index in [1.807, 2.05) is 0 Å². The Morgan fingerprint density at radius 1 is 1.14 bits per heavy atom. The number of carbonyl (C=O) groups is 1. The third-order valence-electron chi connectivity index (χ3n) is 2.94. The van der Waals surface area contributed by atoms with Crippen molar-refractivity contribution >= 4 is 40.1 Å². The first-order valence-electron chi connectivity index (χ1n) is 6.22. The standard InChI is InChI=1S/C16H10ClFO2S/c17-11-1-6-15-10(7-11)8-16(20-15)14(19)9-21-13-4-2-12(18)3-5-13/h1-8H,9H2.